The van der Waals surface area contributed by atoms with Crippen LogP contribution in [0.3, 0.4) is 0 Å². The third-order valence-corrected chi connectivity index (χ3v) is 6.48. The molecule has 25 heavy (non-hydrogen) atoms. The molecule has 6 heteroatoms. The van der Waals surface area contributed by atoms with Gasteiger partial charge in [0.05, 0.1) is 11.3 Å². The van der Waals surface area contributed by atoms with Crippen molar-refractivity contribution in [2.24, 2.45) is 0 Å². The Hall–Kier alpha value is -0.910. The number of rotatable bonds is 6. The lowest BCUT2D eigenvalue weighted by Crippen LogP contribution is -2.40. The molecule has 0 bridgehead atoms. The normalized spacial score (nSPS) is 20.6. The van der Waals surface area contributed by atoms with Crippen molar-refractivity contribution in [3.63, 3.8) is 0 Å². The zero-order valence-corrected chi connectivity index (χ0v) is 16.8. The Kier molecular flexibility index (Phi) is 6.53. The first-order valence-electron chi connectivity index (χ1n) is 9.30. The first-order chi connectivity index (χ1) is 12.1. The minimum Gasteiger partial charge on any atom is -0.373 e. The number of unbranched alkanes of at least 4 members (excludes halogenated alkanes) is 1. The van der Waals surface area contributed by atoms with Crippen molar-refractivity contribution in [2.75, 3.05) is 43.9 Å². The highest BCUT2D eigenvalue weighted by Crippen LogP contribution is 2.39. The van der Waals surface area contributed by atoms with Gasteiger partial charge >= 0.3 is 0 Å². The van der Waals surface area contributed by atoms with Crippen molar-refractivity contribution in [2.45, 2.75) is 43.5 Å². The molecule has 1 unspecified atom stereocenters. The Morgan fingerprint density at radius 1 is 1.40 bits per heavy atom. The van der Waals surface area contributed by atoms with Crippen LogP contribution in [0.1, 0.15) is 43.0 Å². The second kappa shape index (κ2) is 8.65. The van der Waals surface area contributed by atoms with Crippen LogP contribution in [0.5, 0.6) is 0 Å². The fraction of sp³-hybridized carbons (Fsp3) is 0.632. The molecule has 1 fully saturated rings. The van der Waals surface area contributed by atoms with Gasteiger partial charge in [-0.05, 0) is 44.5 Å². The Labute approximate surface area is 160 Å². The number of fused-ring (bicyclic) bond motifs is 1. The van der Waals surface area contributed by atoms with E-state index in [0.717, 1.165) is 48.1 Å². The second-order valence-electron chi connectivity index (χ2n) is 6.97. The molecule has 0 radical (unpaired) electrons. The molecule has 0 spiro atoms. The van der Waals surface area contributed by atoms with Crippen LogP contribution >= 0.6 is 23.4 Å². The number of likely N-dealkylation sites (tertiary alicyclic amines) is 1. The van der Waals surface area contributed by atoms with E-state index in [-0.39, 0.29) is 5.91 Å². The maximum Gasteiger partial charge on any atom is 0.252 e. The summed E-state index contributed by atoms with van der Waals surface area (Å²) in [6.07, 6.45) is 4.86. The van der Waals surface area contributed by atoms with Crippen LogP contribution in [0, 0.1) is 0 Å². The Bertz CT molecular complexity index is 625. The van der Waals surface area contributed by atoms with Gasteiger partial charge in [0.15, 0.2) is 0 Å². The van der Waals surface area contributed by atoms with Crippen LogP contribution in [-0.2, 0) is 0 Å². The maximum absolute atomic E-state index is 12.8. The summed E-state index contributed by atoms with van der Waals surface area (Å²) < 4.78 is 0. The van der Waals surface area contributed by atoms with Gasteiger partial charge in [-0.3, -0.25) is 9.69 Å². The summed E-state index contributed by atoms with van der Waals surface area (Å²) in [7, 11) is 2.06. The van der Waals surface area contributed by atoms with Crippen LogP contribution in [0.15, 0.2) is 17.0 Å². The number of thioether (sulfide) groups is 1. The van der Waals surface area contributed by atoms with Crippen molar-refractivity contribution in [3.8, 4) is 0 Å². The summed E-state index contributed by atoms with van der Waals surface area (Å²) in [4.78, 5) is 18.6. The van der Waals surface area contributed by atoms with Crippen LogP contribution < -0.4 is 10.2 Å². The highest BCUT2D eigenvalue weighted by molar-refractivity contribution is 7.99. The summed E-state index contributed by atoms with van der Waals surface area (Å²) in [5.74, 6) is 1.00. The highest BCUT2D eigenvalue weighted by Gasteiger charge is 2.26. The number of nitrogens with zero attached hydrogens (tertiary/aromatic N) is 2. The van der Waals surface area contributed by atoms with E-state index in [4.69, 9.17) is 11.6 Å². The highest BCUT2D eigenvalue weighted by atomic mass is 35.5. The summed E-state index contributed by atoms with van der Waals surface area (Å²) in [6.45, 7) is 6.24. The van der Waals surface area contributed by atoms with Crippen molar-refractivity contribution in [1.82, 2.24) is 10.2 Å². The molecule has 0 aliphatic carbocycles. The first-order valence-corrected chi connectivity index (χ1v) is 10.7. The fourth-order valence-corrected chi connectivity index (χ4v) is 5.13. The van der Waals surface area contributed by atoms with Crippen LogP contribution in [0.4, 0.5) is 5.69 Å². The lowest BCUT2D eigenvalue weighted by atomic mass is 10.1. The number of anilines is 1. The number of carbonyl (C=O) groups is 1. The molecule has 1 saturated heterocycles. The van der Waals surface area contributed by atoms with Crippen LogP contribution in [0.25, 0.3) is 0 Å². The second-order valence-corrected chi connectivity index (χ2v) is 8.51. The van der Waals surface area contributed by atoms with Gasteiger partial charge in [-0.2, -0.15) is 0 Å². The molecule has 2 heterocycles. The molecule has 2 aliphatic rings. The monoisotopic (exact) mass is 381 g/mol. The van der Waals surface area contributed by atoms with E-state index in [1.165, 1.54) is 25.7 Å². The zero-order chi connectivity index (χ0) is 17.8. The Balaban J connectivity index is 1.67. The van der Waals surface area contributed by atoms with E-state index in [9.17, 15) is 4.79 Å². The summed E-state index contributed by atoms with van der Waals surface area (Å²) >= 11 is 8.03. The van der Waals surface area contributed by atoms with Gasteiger partial charge in [0, 0.05) is 41.8 Å². The van der Waals surface area contributed by atoms with Crippen molar-refractivity contribution in [1.29, 1.82) is 0 Å². The molecule has 138 valence electrons. The van der Waals surface area contributed by atoms with E-state index in [1.807, 2.05) is 12.1 Å². The number of halogens is 1. The maximum atomic E-state index is 12.8. The third-order valence-electron chi connectivity index (χ3n) is 5.16. The van der Waals surface area contributed by atoms with E-state index in [1.54, 1.807) is 11.8 Å². The van der Waals surface area contributed by atoms with Crippen LogP contribution in [-0.4, -0.2) is 55.8 Å². The van der Waals surface area contributed by atoms with Crippen molar-refractivity contribution < 1.29 is 4.79 Å². The third kappa shape index (κ3) is 4.44. The lowest BCUT2D eigenvalue weighted by molar-refractivity contribution is 0.0937. The van der Waals surface area contributed by atoms with Gasteiger partial charge < -0.3 is 10.2 Å². The molecule has 1 amide bonds. The van der Waals surface area contributed by atoms with E-state index in [2.05, 4.69) is 29.1 Å². The lowest BCUT2D eigenvalue weighted by Gasteiger charge is -2.29. The molecule has 3 rings (SSSR count). The van der Waals surface area contributed by atoms with Crippen molar-refractivity contribution in [3.05, 3.63) is 22.7 Å². The summed E-state index contributed by atoms with van der Waals surface area (Å²) in [5, 5.41) is 3.80. The van der Waals surface area contributed by atoms with Gasteiger partial charge in [0.2, 0.25) is 0 Å². The number of hydrogen-bond acceptors (Lipinski definition) is 4. The number of amides is 1. The molecular formula is C19H28ClN3OS. The quantitative estimate of drug-likeness (QED) is 0.811. The van der Waals surface area contributed by atoms with Gasteiger partial charge in [-0.15, -0.1) is 11.8 Å². The molecule has 4 nitrogen and oxygen atoms in total. The molecule has 0 saturated carbocycles. The average Bonchev–Trinajstić information content (AvgIpc) is 3.05. The smallest absolute Gasteiger partial charge is 0.252 e. The first kappa shape index (κ1) is 18.9. The number of benzene rings is 1. The van der Waals surface area contributed by atoms with E-state index < -0.39 is 0 Å². The average molecular weight is 382 g/mol. The standard InChI is InChI=1S/C19H28ClN3OS/c1-3-4-7-23-8-5-6-15(23)13-21-19(24)16-11-14(20)12-17-18(16)25-10-9-22(17)2/h11-12,15H,3-10,13H2,1-2H3,(H,21,24). The van der Waals surface area contributed by atoms with Gasteiger partial charge in [-0.25, -0.2) is 0 Å². The number of hydrogen-bond donors (Lipinski definition) is 1. The largest absolute Gasteiger partial charge is 0.373 e. The van der Waals surface area contributed by atoms with Crippen molar-refractivity contribution >= 4 is 35.0 Å². The van der Waals surface area contributed by atoms with Gasteiger partial charge in [-0.1, -0.05) is 24.9 Å². The predicted octanol–water partition coefficient (Wildman–Crippen LogP) is 3.88. The summed E-state index contributed by atoms with van der Waals surface area (Å²) in [5.41, 5.74) is 1.79. The predicted molar refractivity (Wildman–Crippen MR) is 107 cm³/mol. The van der Waals surface area contributed by atoms with E-state index >= 15 is 0 Å². The van der Waals surface area contributed by atoms with E-state index in [0.29, 0.717) is 11.1 Å². The molecule has 0 aromatic heterocycles. The number of nitrogens with one attached hydrogen (secondary N) is 1. The number of carbonyl (C=O) groups excluding carboxylic acids is 1. The molecule has 1 N–H and O–H groups in total. The topological polar surface area (TPSA) is 35.6 Å². The minimum absolute atomic E-state index is 0.00360. The zero-order valence-electron chi connectivity index (χ0n) is 15.2. The molecule has 1 atom stereocenters. The minimum atomic E-state index is 0.00360. The summed E-state index contributed by atoms with van der Waals surface area (Å²) in [6, 6.07) is 4.25. The molecule has 1 aromatic carbocycles. The SMILES string of the molecule is CCCCN1CCCC1CNC(=O)c1cc(Cl)cc2c1SCCN2C. The Morgan fingerprint density at radius 3 is 3.04 bits per heavy atom. The molecule has 1 aromatic rings. The molecular weight excluding hydrogens is 354 g/mol. The molecule has 2 aliphatic heterocycles. The van der Waals surface area contributed by atoms with Crippen LogP contribution in [0.2, 0.25) is 5.02 Å². The van der Waals surface area contributed by atoms with Gasteiger partial charge in [0.25, 0.3) is 5.91 Å². The fourth-order valence-electron chi connectivity index (χ4n) is 3.68. The van der Waals surface area contributed by atoms with Gasteiger partial charge in [0.1, 0.15) is 0 Å². The Morgan fingerprint density at radius 2 is 2.24 bits per heavy atom.